The molecule has 2 N–H and O–H groups in total. The van der Waals surface area contributed by atoms with Gasteiger partial charge < -0.3 is 15.5 Å². The van der Waals surface area contributed by atoms with Gasteiger partial charge in [-0.2, -0.15) is 0 Å². The third-order valence-electron chi connectivity index (χ3n) is 6.25. The van der Waals surface area contributed by atoms with Gasteiger partial charge in [0, 0.05) is 31.9 Å². The summed E-state index contributed by atoms with van der Waals surface area (Å²) >= 11 is 5.86. The molecule has 0 spiro atoms. The van der Waals surface area contributed by atoms with Crippen molar-refractivity contribution in [2.45, 2.75) is 44.1 Å². The first-order valence-corrected chi connectivity index (χ1v) is 11.0. The Morgan fingerprint density at radius 2 is 1.89 bits per heavy atom. The van der Waals surface area contributed by atoms with E-state index in [1.165, 1.54) is 63.8 Å². The van der Waals surface area contributed by atoms with Gasteiger partial charge in [0.25, 0.3) is 0 Å². The minimum absolute atomic E-state index is 0.255. The average Bonchev–Trinajstić information content (AvgIpc) is 2.74. The van der Waals surface area contributed by atoms with Gasteiger partial charge >= 0.3 is 0 Å². The highest BCUT2D eigenvalue weighted by Gasteiger charge is 2.39. The van der Waals surface area contributed by atoms with E-state index in [1.807, 2.05) is 25.4 Å². The molecule has 1 aromatic rings. The van der Waals surface area contributed by atoms with E-state index in [0.717, 1.165) is 25.5 Å². The molecule has 0 bridgehead atoms. The average molecular weight is 407 g/mol. The Kier molecular flexibility index (Phi) is 7.94. The number of nitrogens with one attached hydrogen (secondary N) is 2. The molecule has 2 fully saturated rings. The Morgan fingerprint density at radius 1 is 1.14 bits per heavy atom. The van der Waals surface area contributed by atoms with Gasteiger partial charge in [0.05, 0.1) is 0 Å². The maximum absolute atomic E-state index is 5.86. The Morgan fingerprint density at radius 3 is 2.54 bits per heavy atom. The molecule has 0 radical (unpaired) electrons. The van der Waals surface area contributed by atoms with E-state index in [4.69, 9.17) is 11.6 Å². The van der Waals surface area contributed by atoms with Crippen LogP contribution in [0, 0.1) is 0 Å². The minimum atomic E-state index is 0.255. The Bertz CT molecular complexity index is 618. The van der Waals surface area contributed by atoms with E-state index in [-0.39, 0.29) is 5.54 Å². The highest BCUT2D eigenvalue weighted by atomic mass is 35.5. The summed E-state index contributed by atoms with van der Waals surface area (Å²) in [5.41, 5.74) is 1.43. The van der Waals surface area contributed by atoms with Gasteiger partial charge in [-0.15, -0.1) is 0 Å². The molecule has 0 atom stereocenters. The summed E-state index contributed by atoms with van der Waals surface area (Å²) < 4.78 is 0. The summed E-state index contributed by atoms with van der Waals surface area (Å²) in [4.78, 5) is 13.8. The van der Waals surface area contributed by atoms with E-state index >= 15 is 0 Å². The molecule has 1 aromatic heterocycles. The fourth-order valence-corrected chi connectivity index (χ4v) is 4.47. The molecule has 2 aliphatic rings. The van der Waals surface area contributed by atoms with Crippen LogP contribution in [0.15, 0.2) is 23.3 Å². The second-order valence-corrected chi connectivity index (χ2v) is 8.55. The van der Waals surface area contributed by atoms with Crippen LogP contribution in [0.4, 0.5) is 0 Å². The van der Waals surface area contributed by atoms with Crippen molar-refractivity contribution in [3.05, 3.63) is 29.0 Å². The van der Waals surface area contributed by atoms with Crippen molar-refractivity contribution in [3.63, 3.8) is 0 Å². The van der Waals surface area contributed by atoms with Crippen molar-refractivity contribution < 1.29 is 0 Å². The number of aliphatic imine (C=N–C) groups is 1. The number of likely N-dealkylation sites (tertiary alicyclic amines) is 2. The van der Waals surface area contributed by atoms with Crippen molar-refractivity contribution in [3.8, 4) is 0 Å². The monoisotopic (exact) mass is 406 g/mol. The summed E-state index contributed by atoms with van der Waals surface area (Å²) in [5, 5.41) is 7.62. The molecule has 0 aliphatic carbocycles. The SMILES string of the molecule is CN=C(NCCc1ccc(Cl)nc1)NCC1(N2CCCCC2)CCN(C)CC1. The zero-order valence-corrected chi connectivity index (χ0v) is 18.1. The van der Waals surface area contributed by atoms with Crippen LogP contribution in [0.5, 0.6) is 0 Å². The molecule has 3 rings (SSSR count). The third-order valence-corrected chi connectivity index (χ3v) is 6.47. The molecule has 2 aliphatic heterocycles. The molecule has 7 heteroatoms. The summed E-state index contributed by atoms with van der Waals surface area (Å²) in [6, 6.07) is 3.86. The molecule has 0 unspecified atom stereocenters. The maximum atomic E-state index is 5.86. The molecular weight excluding hydrogens is 372 g/mol. The number of hydrogen-bond acceptors (Lipinski definition) is 4. The van der Waals surface area contributed by atoms with Gasteiger partial charge in [-0.05, 0) is 77.0 Å². The van der Waals surface area contributed by atoms with Crippen LogP contribution < -0.4 is 10.6 Å². The van der Waals surface area contributed by atoms with Crippen LogP contribution in [0.1, 0.15) is 37.7 Å². The predicted octanol–water partition coefficient (Wildman–Crippen LogP) is 2.39. The molecule has 0 saturated carbocycles. The largest absolute Gasteiger partial charge is 0.356 e. The first-order chi connectivity index (χ1) is 13.6. The van der Waals surface area contributed by atoms with Gasteiger partial charge in [0.1, 0.15) is 5.15 Å². The van der Waals surface area contributed by atoms with Crippen molar-refractivity contribution in [1.29, 1.82) is 0 Å². The second kappa shape index (κ2) is 10.4. The van der Waals surface area contributed by atoms with Crippen molar-refractivity contribution in [2.75, 3.05) is 53.4 Å². The lowest BCUT2D eigenvalue weighted by Crippen LogP contribution is -2.62. The maximum Gasteiger partial charge on any atom is 0.191 e. The molecular formula is C21H35ClN6. The topological polar surface area (TPSA) is 55.8 Å². The van der Waals surface area contributed by atoms with E-state index in [0.29, 0.717) is 5.15 Å². The zero-order valence-electron chi connectivity index (χ0n) is 17.4. The van der Waals surface area contributed by atoms with Crippen LogP contribution in [-0.4, -0.2) is 79.6 Å². The molecule has 0 amide bonds. The summed E-state index contributed by atoms with van der Waals surface area (Å²) in [6.45, 7) is 6.61. The van der Waals surface area contributed by atoms with Gasteiger partial charge in [0.2, 0.25) is 0 Å². The Labute approximate surface area is 174 Å². The van der Waals surface area contributed by atoms with Crippen LogP contribution in [-0.2, 0) is 6.42 Å². The number of halogens is 1. The van der Waals surface area contributed by atoms with Crippen LogP contribution >= 0.6 is 11.6 Å². The lowest BCUT2D eigenvalue weighted by molar-refractivity contribution is 0.0173. The van der Waals surface area contributed by atoms with Gasteiger partial charge in [-0.1, -0.05) is 24.1 Å². The van der Waals surface area contributed by atoms with E-state index in [1.54, 1.807) is 0 Å². The first kappa shape index (κ1) is 21.3. The highest BCUT2D eigenvalue weighted by molar-refractivity contribution is 6.29. The lowest BCUT2D eigenvalue weighted by Gasteiger charge is -2.50. The van der Waals surface area contributed by atoms with Crippen molar-refractivity contribution >= 4 is 17.6 Å². The number of guanidine groups is 1. The minimum Gasteiger partial charge on any atom is -0.356 e. The van der Waals surface area contributed by atoms with Crippen LogP contribution in [0.3, 0.4) is 0 Å². The normalized spacial score (nSPS) is 21.5. The first-order valence-electron chi connectivity index (χ1n) is 10.6. The van der Waals surface area contributed by atoms with Crippen molar-refractivity contribution in [1.82, 2.24) is 25.4 Å². The van der Waals surface area contributed by atoms with E-state index in [9.17, 15) is 0 Å². The number of rotatable bonds is 6. The lowest BCUT2D eigenvalue weighted by atomic mass is 9.84. The Balaban J connectivity index is 1.52. The van der Waals surface area contributed by atoms with Crippen molar-refractivity contribution in [2.24, 2.45) is 4.99 Å². The summed E-state index contributed by atoms with van der Waals surface area (Å²) in [5.74, 6) is 0.886. The highest BCUT2D eigenvalue weighted by Crippen LogP contribution is 2.30. The molecule has 28 heavy (non-hydrogen) atoms. The number of piperidine rings is 2. The third kappa shape index (κ3) is 5.82. The summed E-state index contributed by atoms with van der Waals surface area (Å²) in [6.07, 6.45) is 9.23. The van der Waals surface area contributed by atoms with E-state index < -0.39 is 0 Å². The predicted molar refractivity (Wildman–Crippen MR) is 117 cm³/mol. The fraction of sp³-hybridized carbons (Fsp3) is 0.714. The van der Waals surface area contributed by atoms with Gasteiger partial charge in [-0.3, -0.25) is 9.89 Å². The van der Waals surface area contributed by atoms with E-state index in [2.05, 4.69) is 37.5 Å². The van der Waals surface area contributed by atoms with Gasteiger partial charge in [-0.25, -0.2) is 4.98 Å². The molecule has 0 aromatic carbocycles. The number of pyridine rings is 1. The number of hydrogen-bond donors (Lipinski definition) is 2. The fourth-order valence-electron chi connectivity index (χ4n) is 4.36. The van der Waals surface area contributed by atoms with Gasteiger partial charge in [0.15, 0.2) is 5.96 Å². The molecule has 2 saturated heterocycles. The quantitative estimate of drug-likeness (QED) is 0.431. The smallest absolute Gasteiger partial charge is 0.191 e. The zero-order chi connectivity index (χ0) is 19.8. The standard InChI is InChI=1S/C21H35ClN6/c1-23-20(24-11-8-18-6-7-19(22)25-16-18)26-17-21(9-14-27(2)15-10-21)28-12-4-3-5-13-28/h6-7,16H,3-5,8-15,17H2,1-2H3,(H2,23,24,26). The van der Waals surface area contributed by atoms with Crippen LogP contribution in [0.25, 0.3) is 0 Å². The molecule has 156 valence electrons. The number of aromatic nitrogens is 1. The second-order valence-electron chi connectivity index (χ2n) is 8.17. The Hall–Kier alpha value is -1.37. The molecule has 6 nitrogen and oxygen atoms in total. The summed E-state index contributed by atoms with van der Waals surface area (Å²) in [7, 11) is 4.08. The molecule has 3 heterocycles. The van der Waals surface area contributed by atoms with Crippen LogP contribution in [0.2, 0.25) is 5.15 Å². The number of nitrogens with zero attached hydrogens (tertiary/aromatic N) is 4.